The monoisotopic (exact) mass is 411 g/mol. The first-order valence-corrected chi connectivity index (χ1v) is 8.38. The van der Waals surface area contributed by atoms with Gasteiger partial charge in [0.1, 0.15) is 5.75 Å². The van der Waals surface area contributed by atoms with Crippen molar-refractivity contribution < 1.29 is 9.53 Å². The molecule has 0 aromatic heterocycles. The second-order valence-electron chi connectivity index (χ2n) is 4.53. The van der Waals surface area contributed by atoms with Gasteiger partial charge in [0.2, 0.25) is 0 Å². The molecule has 0 saturated carbocycles. The fourth-order valence-corrected chi connectivity index (χ4v) is 2.69. The molecule has 106 valence electrons. The zero-order chi connectivity index (χ0) is 14.5. The largest absolute Gasteiger partial charge is 0.481 e. The van der Waals surface area contributed by atoms with Gasteiger partial charge < -0.3 is 10.1 Å². The number of halogens is 3. The quantitative estimate of drug-likeness (QED) is 0.721. The van der Waals surface area contributed by atoms with E-state index in [0.717, 1.165) is 0 Å². The number of benzene rings is 1. The van der Waals surface area contributed by atoms with E-state index in [1.54, 1.807) is 31.2 Å². The van der Waals surface area contributed by atoms with Crippen LogP contribution in [0.3, 0.4) is 0 Å². The van der Waals surface area contributed by atoms with Crippen LogP contribution in [-0.2, 0) is 4.79 Å². The van der Waals surface area contributed by atoms with Gasteiger partial charge in [0.05, 0.1) is 5.54 Å². The van der Waals surface area contributed by atoms with E-state index in [2.05, 4.69) is 37.2 Å². The minimum atomic E-state index is -0.587. The molecule has 1 amide bonds. The van der Waals surface area contributed by atoms with Crippen LogP contribution in [0.2, 0.25) is 5.02 Å². The van der Waals surface area contributed by atoms with Crippen LogP contribution in [0.25, 0.3) is 0 Å². The van der Waals surface area contributed by atoms with Crippen molar-refractivity contribution in [2.24, 2.45) is 0 Å². The summed E-state index contributed by atoms with van der Waals surface area (Å²) in [6, 6.07) is 6.98. The van der Waals surface area contributed by atoms with E-state index in [-0.39, 0.29) is 11.4 Å². The van der Waals surface area contributed by atoms with Crippen molar-refractivity contribution in [3.05, 3.63) is 29.3 Å². The van der Waals surface area contributed by atoms with Gasteiger partial charge in [-0.25, -0.2) is 0 Å². The van der Waals surface area contributed by atoms with E-state index in [0.29, 0.717) is 21.4 Å². The zero-order valence-corrected chi connectivity index (χ0v) is 14.7. The molecule has 3 nitrogen and oxygen atoms in total. The number of hydrogen-bond acceptors (Lipinski definition) is 2. The molecule has 0 aliphatic heterocycles. The van der Waals surface area contributed by atoms with Gasteiger partial charge in [0.15, 0.2) is 6.10 Å². The molecule has 1 aromatic rings. The lowest BCUT2D eigenvalue weighted by Crippen LogP contribution is -2.52. The summed E-state index contributed by atoms with van der Waals surface area (Å²) in [6.45, 7) is 3.65. The first-order chi connectivity index (χ1) is 8.90. The predicted octanol–water partition coefficient (Wildman–Crippen LogP) is 3.77. The van der Waals surface area contributed by atoms with Crippen LogP contribution in [0.5, 0.6) is 5.75 Å². The Morgan fingerprint density at radius 2 is 2.11 bits per heavy atom. The Balaban J connectivity index is 2.63. The van der Waals surface area contributed by atoms with Gasteiger partial charge in [0, 0.05) is 15.7 Å². The summed E-state index contributed by atoms with van der Waals surface area (Å²) in [7, 11) is 0. The third-order valence-electron chi connectivity index (χ3n) is 2.49. The van der Waals surface area contributed by atoms with Gasteiger partial charge in [0.25, 0.3) is 5.91 Å². The number of carbonyl (C=O) groups excluding carboxylic acids is 1. The lowest BCUT2D eigenvalue weighted by Gasteiger charge is -2.28. The van der Waals surface area contributed by atoms with Crippen LogP contribution in [0.1, 0.15) is 13.8 Å². The number of hydrogen-bond donors (Lipinski definition) is 1. The van der Waals surface area contributed by atoms with Crippen molar-refractivity contribution in [1.82, 2.24) is 5.32 Å². The molecule has 6 heteroatoms. The molecule has 1 aromatic carbocycles. The van der Waals surface area contributed by atoms with Crippen molar-refractivity contribution >= 4 is 49.4 Å². The summed E-state index contributed by atoms with van der Waals surface area (Å²) in [4.78, 5) is 12.1. The minimum Gasteiger partial charge on any atom is -0.481 e. The standard InChI is InChI=1S/C13H16Br2ClNO2/c1-9(12(18)17-13(2,7-14)8-15)19-11-5-3-4-10(16)6-11/h3-6,9H,7-8H2,1-2H3,(H,17,18). The molecule has 1 atom stereocenters. The normalized spacial score (nSPS) is 12.9. The zero-order valence-electron chi connectivity index (χ0n) is 10.8. The molecule has 0 spiro atoms. The van der Waals surface area contributed by atoms with Crippen molar-refractivity contribution in [1.29, 1.82) is 0 Å². The maximum atomic E-state index is 12.1. The highest BCUT2D eigenvalue weighted by atomic mass is 79.9. The Bertz CT molecular complexity index is 438. The molecule has 1 rings (SSSR count). The van der Waals surface area contributed by atoms with Crippen LogP contribution in [0.15, 0.2) is 24.3 Å². The Hall–Kier alpha value is -0.260. The van der Waals surface area contributed by atoms with E-state index in [1.807, 2.05) is 6.92 Å². The topological polar surface area (TPSA) is 38.3 Å². The fourth-order valence-electron chi connectivity index (χ4n) is 1.30. The number of ether oxygens (including phenoxy) is 1. The minimum absolute atomic E-state index is 0.165. The Labute approximate surface area is 135 Å². The van der Waals surface area contributed by atoms with E-state index in [4.69, 9.17) is 16.3 Å². The molecule has 0 aliphatic rings. The summed E-state index contributed by atoms with van der Waals surface area (Å²) >= 11 is 12.6. The first-order valence-electron chi connectivity index (χ1n) is 5.76. The first kappa shape index (κ1) is 16.8. The number of rotatable bonds is 6. The molecule has 0 radical (unpaired) electrons. The average Bonchev–Trinajstić information content (AvgIpc) is 2.38. The lowest BCUT2D eigenvalue weighted by atomic mass is 10.1. The van der Waals surface area contributed by atoms with Gasteiger partial charge in [-0.1, -0.05) is 49.5 Å². The molecule has 0 bridgehead atoms. The summed E-state index contributed by atoms with van der Waals surface area (Å²) in [5.41, 5.74) is -0.344. The molecular weight excluding hydrogens is 397 g/mol. The van der Waals surface area contributed by atoms with E-state index in [9.17, 15) is 4.79 Å². The Morgan fingerprint density at radius 3 is 2.63 bits per heavy atom. The molecule has 19 heavy (non-hydrogen) atoms. The molecule has 1 N–H and O–H groups in total. The van der Waals surface area contributed by atoms with Crippen molar-refractivity contribution in [2.45, 2.75) is 25.5 Å². The van der Waals surface area contributed by atoms with Gasteiger partial charge in [-0.3, -0.25) is 4.79 Å². The molecule has 0 heterocycles. The number of alkyl halides is 2. The third kappa shape index (κ3) is 5.32. The van der Waals surface area contributed by atoms with Crippen molar-refractivity contribution in [3.63, 3.8) is 0 Å². The predicted molar refractivity (Wildman–Crippen MR) is 85.7 cm³/mol. The molecule has 1 unspecified atom stereocenters. The second kappa shape index (κ2) is 7.50. The third-order valence-corrected chi connectivity index (χ3v) is 5.20. The van der Waals surface area contributed by atoms with Gasteiger partial charge in [-0.15, -0.1) is 0 Å². The summed E-state index contributed by atoms with van der Waals surface area (Å²) in [5, 5.41) is 4.82. The molecule has 0 aliphatic carbocycles. The van der Waals surface area contributed by atoms with E-state index >= 15 is 0 Å². The highest BCUT2D eigenvalue weighted by molar-refractivity contribution is 9.09. The second-order valence-corrected chi connectivity index (χ2v) is 6.09. The van der Waals surface area contributed by atoms with Crippen LogP contribution in [0, 0.1) is 0 Å². The summed E-state index contributed by atoms with van der Waals surface area (Å²) in [5.74, 6) is 0.413. The van der Waals surface area contributed by atoms with Crippen molar-refractivity contribution in [2.75, 3.05) is 10.7 Å². The Kier molecular flexibility index (Phi) is 6.63. The summed E-state index contributed by atoms with van der Waals surface area (Å²) in [6.07, 6.45) is -0.587. The maximum Gasteiger partial charge on any atom is 0.261 e. The van der Waals surface area contributed by atoms with Crippen LogP contribution in [-0.4, -0.2) is 28.2 Å². The van der Waals surface area contributed by atoms with E-state index < -0.39 is 6.10 Å². The average molecular weight is 414 g/mol. The van der Waals surface area contributed by atoms with Gasteiger partial charge >= 0.3 is 0 Å². The fraction of sp³-hybridized carbons (Fsp3) is 0.462. The van der Waals surface area contributed by atoms with E-state index in [1.165, 1.54) is 0 Å². The highest BCUT2D eigenvalue weighted by Gasteiger charge is 2.27. The van der Waals surface area contributed by atoms with Crippen LogP contribution < -0.4 is 10.1 Å². The maximum absolute atomic E-state index is 12.1. The number of carbonyl (C=O) groups is 1. The smallest absolute Gasteiger partial charge is 0.261 e. The molecule has 0 saturated heterocycles. The highest BCUT2D eigenvalue weighted by Crippen LogP contribution is 2.19. The van der Waals surface area contributed by atoms with Crippen molar-refractivity contribution in [3.8, 4) is 5.75 Å². The molecule has 0 fully saturated rings. The lowest BCUT2D eigenvalue weighted by molar-refractivity contribution is -0.128. The van der Waals surface area contributed by atoms with Crippen LogP contribution in [0.4, 0.5) is 0 Å². The number of nitrogens with one attached hydrogen (secondary N) is 1. The van der Waals surface area contributed by atoms with Gasteiger partial charge in [-0.05, 0) is 32.0 Å². The SMILES string of the molecule is CC(Oc1cccc(Cl)c1)C(=O)NC(C)(CBr)CBr. The molecular formula is C13H16Br2ClNO2. The number of amides is 1. The van der Waals surface area contributed by atoms with Crippen LogP contribution >= 0.6 is 43.5 Å². The van der Waals surface area contributed by atoms with Gasteiger partial charge in [-0.2, -0.15) is 0 Å². The summed E-state index contributed by atoms with van der Waals surface area (Å²) < 4.78 is 5.56. The Morgan fingerprint density at radius 1 is 1.47 bits per heavy atom.